The lowest BCUT2D eigenvalue weighted by molar-refractivity contribution is 0.112. The van der Waals surface area contributed by atoms with Crippen molar-refractivity contribution in [3.63, 3.8) is 0 Å². The number of ether oxygens (including phenoxy) is 1. The third kappa shape index (κ3) is 2.84. The minimum atomic E-state index is 0.474. The standard InChI is InChI=1S/C11H13BrO2/c1-8(2)7-14-10-5-3-4-9(6-13)11(10)12/h3-6,8H,7H2,1-2H3. The molecule has 2 nitrogen and oxygen atoms in total. The van der Waals surface area contributed by atoms with Crippen LogP contribution in [0.4, 0.5) is 0 Å². The van der Waals surface area contributed by atoms with Crippen LogP contribution in [0.5, 0.6) is 5.75 Å². The smallest absolute Gasteiger partial charge is 0.151 e. The molecule has 0 aromatic heterocycles. The van der Waals surface area contributed by atoms with Gasteiger partial charge in [-0.1, -0.05) is 26.0 Å². The van der Waals surface area contributed by atoms with Crippen LogP contribution in [0.25, 0.3) is 0 Å². The average Bonchev–Trinajstić information content (AvgIpc) is 2.16. The van der Waals surface area contributed by atoms with Crippen LogP contribution in [0.3, 0.4) is 0 Å². The predicted octanol–water partition coefficient (Wildman–Crippen LogP) is 3.30. The van der Waals surface area contributed by atoms with Gasteiger partial charge in [0.05, 0.1) is 11.1 Å². The molecule has 0 bridgehead atoms. The molecule has 0 aliphatic rings. The summed E-state index contributed by atoms with van der Waals surface area (Å²) in [5.41, 5.74) is 0.617. The largest absolute Gasteiger partial charge is 0.492 e. The molecule has 0 atom stereocenters. The first kappa shape index (κ1) is 11.2. The van der Waals surface area contributed by atoms with Crippen LogP contribution in [0.2, 0.25) is 0 Å². The second-order valence-electron chi connectivity index (χ2n) is 3.48. The van der Waals surface area contributed by atoms with Crippen LogP contribution >= 0.6 is 15.9 Å². The summed E-state index contributed by atoms with van der Waals surface area (Å²) in [5.74, 6) is 1.20. The van der Waals surface area contributed by atoms with Crippen LogP contribution < -0.4 is 4.74 Å². The van der Waals surface area contributed by atoms with E-state index in [2.05, 4.69) is 29.8 Å². The molecule has 76 valence electrons. The van der Waals surface area contributed by atoms with Crippen molar-refractivity contribution in [2.45, 2.75) is 13.8 Å². The number of hydrogen-bond acceptors (Lipinski definition) is 2. The number of hydrogen-bond donors (Lipinski definition) is 0. The number of carbonyl (C=O) groups is 1. The summed E-state index contributed by atoms with van der Waals surface area (Å²) in [4.78, 5) is 10.6. The highest BCUT2D eigenvalue weighted by molar-refractivity contribution is 9.10. The molecule has 1 aromatic rings. The SMILES string of the molecule is CC(C)COc1cccc(C=O)c1Br. The van der Waals surface area contributed by atoms with Gasteiger partial charge in [-0.2, -0.15) is 0 Å². The van der Waals surface area contributed by atoms with Gasteiger partial charge in [-0.15, -0.1) is 0 Å². The van der Waals surface area contributed by atoms with Gasteiger partial charge in [-0.05, 0) is 27.9 Å². The molecule has 0 radical (unpaired) electrons. The molecule has 0 aliphatic carbocycles. The Morgan fingerprint density at radius 3 is 2.79 bits per heavy atom. The van der Waals surface area contributed by atoms with Gasteiger partial charge in [-0.3, -0.25) is 4.79 Å². The Morgan fingerprint density at radius 1 is 1.50 bits per heavy atom. The number of halogens is 1. The summed E-state index contributed by atoms with van der Waals surface area (Å²) in [7, 11) is 0. The van der Waals surface area contributed by atoms with Gasteiger partial charge in [-0.25, -0.2) is 0 Å². The molecule has 0 unspecified atom stereocenters. The van der Waals surface area contributed by atoms with Crippen molar-refractivity contribution < 1.29 is 9.53 Å². The maximum atomic E-state index is 10.6. The first-order chi connectivity index (χ1) is 6.65. The lowest BCUT2D eigenvalue weighted by Crippen LogP contribution is -2.05. The maximum Gasteiger partial charge on any atom is 0.151 e. The van der Waals surface area contributed by atoms with Gasteiger partial charge in [0, 0.05) is 5.56 Å². The highest BCUT2D eigenvalue weighted by Crippen LogP contribution is 2.27. The predicted molar refractivity (Wildman–Crippen MR) is 59.9 cm³/mol. The van der Waals surface area contributed by atoms with Crippen LogP contribution in [0.15, 0.2) is 22.7 Å². The van der Waals surface area contributed by atoms with E-state index in [1.807, 2.05) is 12.1 Å². The molecule has 0 saturated heterocycles. The van der Waals surface area contributed by atoms with Crippen molar-refractivity contribution in [3.05, 3.63) is 28.2 Å². The minimum Gasteiger partial charge on any atom is -0.492 e. The number of aldehydes is 1. The molecule has 1 rings (SSSR count). The Bertz CT molecular complexity index is 321. The molecule has 3 heteroatoms. The van der Waals surface area contributed by atoms with Crippen molar-refractivity contribution in [3.8, 4) is 5.75 Å². The highest BCUT2D eigenvalue weighted by Gasteiger charge is 2.06. The first-order valence-corrected chi connectivity index (χ1v) is 5.31. The Hall–Kier alpha value is -0.830. The maximum absolute atomic E-state index is 10.6. The van der Waals surface area contributed by atoms with E-state index in [-0.39, 0.29) is 0 Å². The van der Waals surface area contributed by atoms with Crippen molar-refractivity contribution in [1.82, 2.24) is 0 Å². The van der Waals surface area contributed by atoms with Gasteiger partial charge in [0.1, 0.15) is 5.75 Å². The van der Waals surface area contributed by atoms with Crippen molar-refractivity contribution >= 4 is 22.2 Å². The summed E-state index contributed by atoms with van der Waals surface area (Å²) in [6, 6.07) is 5.41. The average molecular weight is 257 g/mol. The van der Waals surface area contributed by atoms with Gasteiger partial charge < -0.3 is 4.74 Å². The lowest BCUT2D eigenvalue weighted by Gasteiger charge is -2.10. The molecule has 0 aliphatic heterocycles. The molecule has 0 amide bonds. The molecule has 0 N–H and O–H groups in total. The van der Waals surface area contributed by atoms with Crippen molar-refractivity contribution in [2.75, 3.05) is 6.61 Å². The van der Waals surface area contributed by atoms with Crippen molar-refractivity contribution in [1.29, 1.82) is 0 Å². The number of carbonyl (C=O) groups excluding carboxylic acids is 1. The third-order valence-electron chi connectivity index (χ3n) is 1.69. The summed E-state index contributed by atoms with van der Waals surface area (Å²) >= 11 is 3.34. The fourth-order valence-electron chi connectivity index (χ4n) is 0.987. The second-order valence-corrected chi connectivity index (χ2v) is 4.28. The minimum absolute atomic E-state index is 0.474. The topological polar surface area (TPSA) is 26.3 Å². The molecule has 1 aromatic carbocycles. The van der Waals surface area contributed by atoms with E-state index in [1.54, 1.807) is 6.07 Å². The molecule has 0 saturated carbocycles. The number of benzene rings is 1. The molecule has 14 heavy (non-hydrogen) atoms. The Morgan fingerprint density at radius 2 is 2.21 bits per heavy atom. The normalized spacial score (nSPS) is 10.3. The second kappa shape index (κ2) is 5.15. The lowest BCUT2D eigenvalue weighted by atomic mass is 10.2. The summed E-state index contributed by atoms with van der Waals surface area (Å²) in [6.45, 7) is 4.82. The number of rotatable bonds is 4. The van der Waals surface area contributed by atoms with Gasteiger partial charge in [0.25, 0.3) is 0 Å². The Balaban J connectivity index is 2.81. The van der Waals surface area contributed by atoms with Gasteiger partial charge in [0.15, 0.2) is 6.29 Å². The van der Waals surface area contributed by atoms with Crippen LogP contribution in [-0.4, -0.2) is 12.9 Å². The molecule has 0 fully saturated rings. The van der Waals surface area contributed by atoms with E-state index in [9.17, 15) is 4.79 Å². The molecule has 0 heterocycles. The zero-order valence-electron chi connectivity index (χ0n) is 8.29. The summed E-state index contributed by atoms with van der Waals surface area (Å²) in [6.07, 6.45) is 0.812. The monoisotopic (exact) mass is 256 g/mol. The first-order valence-electron chi connectivity index (χ1n) is 4.51. The molecular formula is C11H13BrO2. The highest BCUT2D eigenvalue weighted by atomic mass is 79.9. The van der Waals surface area contributed by atoms with E-state index in [0.29, 0.717) is 18.1 Å². The van der Waals surface area contributed by atoms with Crippen LogP contribution in [-0.2, 0) is 0 Å². The summed E-state index contributed by atoms with van der Waals surface area (Å²) < 4.78 is 6.27. The molecule has 0 spiro atoms. The Labute approximate surface area is 92.4 Å². The molecular weight excluding hydrogens is 244 g/mol. The zero-order chi connectivity index (χ0) is 10.6. The fourth-order valence-corrected chi connectivity index (χ4v) is 1.46. The zero-order valence-corrected chi connectivity index (χ0v) is 9.87. The van der Waals surface area contributed by atoms with Gasteiger partial charge >= 0.3 is 0 Å². The van der Waals surface area contributed by atoms with E-state index in [1.165, 1.54) is 0 Å². The van der Waals surface area contributed by atoms with E-state index in [0.717, 1.165) is 16.5 Å². The van der Waals surface area contributed by atoms with Crippen molar-refractivity contribution in [2.24, 2.45) is 5.92 Å². The summed E-state index contributed by atoms with van der Waals surface area (Å²) in [5, 5.41) is 0. The van der Waals surface area contributed by atoms with Crippen LogP contribution in [0, 0.1) is 5.92 Å². The van der Waals surface area contributed by atoms with E-state index >= 15 is 0 Å². The van der Waals surface area contributed by atoms with E-state index < -0.39 is 0 Å². The quantitative estimate of drug-likeness (QED) is 0.773. The van der Waals surface area contributed by atoms with E-state index in [4.69, 9.17) is 4.74 Å². The third-order valence-corrected chi connectivity index (χ3v) is 2.54. The fraction of sp³-hybridized carbons (Fsp3) is 0.364. The van der Waals surface area contributed by atoms with Crippen LogP contribution in [0.1, 0.15) is 24.2 Å². The van der Waals surface area contributed by atoms with Gasteiger partial charge in [0.2, 0.25) is 0 Å². The Kier molecular flexibility index (Phi) is 4.14.